The summed E-state index contributed by atoms with van der Waals surface area (Å²) in [5, 5.41) is 15.4. The lowest BCUT2D eigenvalue weighted by Gasteiger charge is -2.27. The summed E-state index contributed by atoms with van der Waals surface area (Å²) >= 11 is 1.88. The quantitative estimate of drug-likeness (QED) is 0.171. The van der Waals surface area contributed by atoms with E-state index in [4.69, 9.17) is 0 Å². The first-order valence-electron chi connectivity index (χ1n) is 17.5. The molecular weight excluding hydrogens is 637 g/mol. The number of benzene rings is 9. The molecule has 0 N–H and O–H groups in total. The highest BCUT2D eigenvalue weighted by molar-refractivity contribution is 7.26. The molecule has 9 aromatic carbocycles. The van der Waals surface area contributed by atoms with Gasteiger partial charge in [0, 0.05) is 42.7 Å². The first kappa shape index (κ1) is 27.4. The predicted octanol–water partition coefficient (Wildman–Crippen LogP) is 14.1. The van der Waals surface area contributed by atoms with E-state index in [2.05, 4.69) is 179 Å². The highest BCUT2D eigenvalue weighted by atomic mass is 32.1. The SMILES string of the molecule is c1ccc2c(c1)sc1c(N(c3ccc4c5ccccc5c5ccccc5c4c3)c3cccc4c5cccc6c7ccccc7n(c34)c65)cccc12. The molecule has 0 saturated carbocycles. The third kappa shape index (κ3) is 3.60. The van der Waals surface area contributed by atoms with Crippen LogP contribution in [0.2, 0.25) is 0 Å². The van der Waals surface area contributed by atoms with E-state index in [0.717, 1.165) is 5.69 Å². The molecular formula is C48H28N2S. The van der Waals surface area contributed by atoms with Gasteiger partial charge in [-0.2, -0.15) is 0 Å². The zero-order valence-corrected chi connectivity index (χ0v) is 28.3. The van der Waals surface area contributed by atoms with E-state index in [0.29, 0.717) is 0 Å². The van der Waals surface area contributed by atoms with Crippen LogP contribution >= 0.6 is 11.3 Å². The van der Waals surface area contributed by atoms with Gasteiger partial charge < -0.3 is 9.30 Å². The van der Waals surface area contributed by atoms with Crippen molar-refractivity contribution in [2.24, 2.45) is 0 Å². The Balaban J connectivity index is 1.26. The van der Waals surface area contributed by atoms with Gasteiger partial charge in [-0.05, 0) is 68.7 Å². The van der Waals surface area contributed by atoms with Gasteiger partial charge >= 0.3 is 0 Å². The van der Waals surface area contributed by atoms with Gasteiger partial charge in [-0.1, -0.05) is 133 Å². The molecule has 0 radical (unpaired) electrons. The second-order valence-electron chi connectivity index (χ2n) is 13.6. The van der Waals surface area contributed by atoms with Crippen molar-refractivity contribution in [3.63, 3.8) is 0 Å². The Morgan fingerprint density at radius 2 is 0.863 bits per heavy atom. The molecule has 0 bridgehead atoms. The van der Waals surface area contributed by atoms with E-state index in [9.17, 15) is 0 Å². The lowest BCUT2D eigenvalue weighted by Crippen LogP contribution is -2.11. The summed E-state index contributed by atoms with van der Waals surface area (Å²) in [5.74, 6) is 0. The highest BCUT2D eigenvalue weighted by Gasteiger charge is 2.25. The minimum Gasteiger partial charge on any atom is -0.307 e. The van der Waals surface area contributed by atoms with Gasteiger partial charge in [-0.15, -0.1) is 11.3 Å². The summed E-state index contributed by atoms with van der Waals surface area (Å²) in [6.45, 7) is 0. The van der Waals surface area contributed by atoms with E-state index in [1.165, 1.54) is 102 Å². The van der Waals surface area contributed by atoms with E-state index in [-0.39, 0.29) is 0 Å². The fourth-order valence-corrected chi connectivity index (χ4v) is 10.2. The third-order valence-electron chi connectivity index (χ3n) is 11.1. The van der Waals surface area contributed by atoms with Gasteiger partial charge in [0.2, 0.25) is 0 Å². The van der Waals surface area contributed by atoms with Crippen LogP contribution in [0.25, 0.3) is 90.6 Å². The molecule has 0 atom stereocenters. The largest absolute Gasteiger partial charge is 0.307 e. The average Bonchev–Trinajstić information content (AvgIpc) is 3.86. The van der Waals surface area contributed by atoms with E-state index < -0.39 is 0 Å². The standard InChI is InChI=1S/C48H28N2S/c1-2-14-32-30(12-1)31-13-3-4-15-33(31)41-28-29(26-27-34(32)41)49(44-24-11-21-40-36-17-6-8-25-45(36)51-48(40)44)43-23-10-20-39-38-19-9-18-37-35-16-5-7-22-42(35)50(46(37)38)47(39)43/h1-28H. The van der Waals surface area contributed by atoms with Crippen LogP contribution in [-0.2, 0) is 0 Å². The Hall–Kier alpha value is -6.42. The molecule has 3 aromatic heterocycles. The van der Waals surface area contributed by atoms with Crippen molar-refractivity contribution in [1.82, 2.24) is 4.40 Å². The molecule has 236 valence electrons. The Bertz CT molecular complexity index is 3350. The molecule has 0 aliphatic heterocycles. The fraction of sp³-hybridized carbons (Fsp3) is 0. The smallest absolute Gasteiger partial charge is 0.0782 e. The molecule has 0 saturated heterocycles. The van der Waals surface area contributed by atoms with Crippen LogP contribution in [0.15, 0.2) is 170 Å². The average molecular weight is 665 g/mol. The van der Waals surface area contributed by atoms with Gasteiger partial charge in [0.15, 0.2) is 0 Å². The van der Waals surface area contributed by atoms with Crippen LogP contribution < -0.4 is 4.90 Å². The number of thiophene rings is 1. The summed E-state index contributed by atoms with van der Waals surface area (Å²) in [7, 11) is 0. The first-order chi connectivity index (χ1) is 25.3. The molecule has 3 heterocycles. The van der Waals surface area contributed by atoms with Gasteiger partial charge in [-0.3, -0.25) is 0 Å². The Morgan fingerprint density at radius 1 is 0.353 bits per heavy atom. The maximum Gasteiger partial charge on any atom is 0.0782 e. The Labute approximate surface area is 296 Å². The molecule has 0 amide bonds. The molecule has 51 heavy (non-hydrogen) atoms. The number of anilines is 3. The number of fused-ring (bicyclic) bond motifs is 15. The Morgan fingerprint density at radius 3 is 1.61 bits per heavy atom. The van der Waals surface area contributed by atoms with Gasteiger partial charge in [0.25, 0.3) is 0 Å². The summed E-state index contributed by atoms with van der Waals surface area (Å²) in [6.07, 6.45) is 0. The number of rotatable bonds is 3. The van der Waals surface area contributed by atoms with E-state index in [1.54, 1.807) is 0 Å². The van der Waals surface area contributed by atoms with Crippen LogP contribution in [-0.4, -0.2) is 4.40 Å². The topological polar surface area (TPSA) is 7.65 Å². The molecule has 12 aromatic rings. The summed E-state index contributed by atoms with van der Waals surface area (Å²) in [6, 6.07) is 63.0. The van der Waals surface area contributed by atoms with Crippen LogP contribution in [0.4, 0.5) is 17.1 Å². The van der Waals surface area contributed by atoms with Crippen LogP contribution in [0.1, 0.15) is 0 Å². The molecule has 0 spiro atoms. The van der Waals surface area contributed by atoms with Crippen molar-refractivity contribution in [2.45, 2.75) is 0 Å². The van der Waals surface area contributed by atoms with Crippen molar-refractivity contribution >= 4 is 119 Å². The molecule has 12 rings (SSSR count). The monoisotopic (exact) mass is 664 g/mol. The number of hydrogen-bond acceptors (Lipinski definition) is 2. The second kappa shape index (κ2) is 10.1. The lowest BCUT2D eigenvalue weighted by atomic mass is 9.94. The third-order valence-corrected chi connectivity index (χ3v) is 12.3. The van der Waals surface area contributed by atoms with Crippen molar-refractivity contribution in [1.29, 1.82) is 0 Å². The van der Waals surface area contributed by atoms with Crippen LogP contribution in [0, 0.1) is 0 Å². The van der Waals surface area contributed by atoms with Crippen molar-refractivity contribution < 1.29 is 0 Å². The first-order valence-corrected chi connectivity index (χ1v) is 18.3. The molecule has 3 heteroatoms. The maximum atomic E-state index is 2.53. The lowest BCUT2D eigenvalue weighted by molar-refractivity contribution is 1.29. The van der Waals surface area contributed by atoms with E-state index >= 15 is 0 Å². The van der Waals surface area contributed by atoms with Gasteiger partial charge in [0.05, 0.1) is 32.6 Å². The minimum atomic E-state index is 1.14. The Kier molecular flexibility index (Phi) is 5.41. The number of aromatic nitrogens is 1. The molecule has 0 fully saturated rings. The fourth-order valence-electron chi connectivity index (χ4n) is 8.98. The molecule has 0 aliphatic rings. The highest BCUT2D eigenvalue weighted by Crippen LogP contribution is 2.50. The van der Waals surface area contributed by atoms with Crippen molar-refractivity contribution in [2.75, 3.05) is 4.90 Å². The summed E-state index contributed by atoms with van der Waals surface area (Å²) in [4.78, 5) is 2.53. The zero-order valence-electron chi connectivity index (χ0n) is 27.5. The number of hydrogen-bond donors (Lipinski definition) is 0. The van der Waals surface area contributed by atoms with Gasteiger partial charge in [-0.25, -0.2) is 0 Å². The molecule has 0 unspecified atom stereocenters. The molecule has 2 nitrogen and oxygen atoms in total. The van der Waals surface area contributed by atoms with Crippen LogP contribution in [0.3, 0.4) is 0 Å². The minimum absolute atomic E-state index is 1.14. The zero-order chi connectivity index (χ0) is 33.2. The summed E-state index contributed by atoms with van der Waals surface area (Å²) < 4.78 is 5.12. The molecule has 0 aliphatic carbocycles. The predicted molar refractivity (Wildman–Crippen MR) is 221 cm³/mol. The normalized spacial score (nSPS) is 12.3. The second-order valence-corrected chi connectivity index (χ2v) is 14.7. The number of para-hydroxylation sites is 3. The van der Waals surface area contributed by atoms with Gasteiger partial charge in [0.1, 0.15) is 0 Å². The van der Waals surface area contributed by atoms with Crippen LogP contribution in [0.5, 0.6) is 0 Å². The van der Waals surface area contributed by atoms with Crippen molar-refractivity contribution in [3.05, 3.63) is 170 Å². The summed E-state index contributed by atoms with van der Waals surface area (Å²) in [5.41, 5.74) is 7.26. The van der Waals surface area contributed by atoms with Crippen molar-refractivity contribution in [3.8, 4) is 0 Å². The maximum absolute atomic E-state index is 2.53. The number of nitrogens with zero attached hydrogens (tertiary/aromatic N) is 2. The van der Waals surface area contributed by atoms with E-state index in [1.807, 2.05) is 11.3 Å².